The molecule has 0 unspecified atom stereocenters. The molecule has 0 bridgehead atoms. The molecule has 0 aliphatic rings. The molecular formula is C14H17N. The molecule has 1 nitrogen and oxygen atoms in total. The van der Waals surface area contributed by atoms with Crippen molar-refractivity contribution in [3.8, 4) is 0 Å². The third-order valence-electron chi connectivity index (χ3n) is 2.16. The van der Waals surface area contributed by atoms with Crippen molar-refractivity contribution in [2.24, 2.45) is 0 Å². The van der Waals surface area contributed by atoms with E-state index in [-0.39, 0.29) is 0 Å². The summed E-state index contributed by atoms with van der Waals surface area (Å²) in [6.07, 6.45) is 5.59. The molecule has 0 fully saturated rings. The standard InChI is InChI=1S/C14H17N/c1-4-7-13(5-2)14-9-6-8-12(10-14)11-15-3/h4-10,15H,1-2,11H2,3H3/b13-7+. The maximum absolute atomic E-state index is 3.80. The Hall–Kier alpha value is -1.60. The van der Waals surface area contributed by atoms with E-state index in [1.54, 1.807) is 6.08 Å². The molecule has 0 radical (unpaired) electrons. The van der Waals surface area contributed by atoms with Crippen LogP contribution in [0.2, 0.25) is 0 Å². The molecule has 0 saturated carbocycles. The lowest BCUT2D eigenvalue weighted by atomic mass is 10.0. The second-order valence-corrected chi connectivity index (χ2v) is 3.29. The van der Waals surface area contributed by atoms with Crippen LogP contribution in [-0.2, 0) is 6.54 Å². The van der Waals surface area contributed by atoms with Crippen LogP contribution in [0.3, 0.4) is 0 Å². The summed E-state index contributed by atoms with van der Waals surface area (Å²) >= 11 is 0. The van der Waals surface area contributed by atoms with Crippen molar-refractivity contribution in [3.63, 3.8) is 0 Å². The largest absolute Gasteiger partial charge is 0.316 e. The summed E-state index contributed by atoms with van der Waals surface area (Å²) < 4.78 is 0. The molecule has 1 N–H and O–H groups in total. The lowest BCUT2D eigenvalue weighted by Gasteiger charge is -2.05. The number of benzene rings is 1. The Morgan fingerprint density at radius 1 is 1.40 bits per heavy atom. The highest BCUT2D eigenvalue weighted by Crippen LogP contribution is 2.16. The summed E-state index contributed by atoms with van der Waals surface area (Å²) in [5, 5.41) is 3.13. The van der Waals surface area contributed by atoms with E-state index in [0.29, 0.717) is 0 Å². The zero-order valence-corrected chi connectivity index (χ0v) is 9.16. The van der Waals surface area contributed by atoms with Gasteiger partial charge in [-0.1, -0.05) is 49.6 Å². The molecule has 0 heterocycles. The average molecular weight is 199 g/mol. The molecule has 15 heavy (non-hydrogen) atoms. The Labute approximate surface area is 91.8 Å². The van der Waals surface area contributed by atoms with Crippen LogP contribution in [0.4, 0.5) is 0 Å². The molecule has 0 aromatic heterocycles. The molecule has 0 saturated heterocycles. The maximum Gasteiger partial charge on any atom is 0.0202 e. The smallest absolute Gasteiger partial charge is 0.0202 e. The predicted octanol–water partition coefficient (Wildman–Crippen LogP) is 3.16. The molecule has 1 heteroatoms. The highest BCUT2D eigenvalue weighted by atomic mass is 14.8. The van der Waals surface area contributed by atoms with Crippen LogP contribution in [-0.4, -0.2) is 7.05 Å². The third-order valence-corrected chi connectivity index (χ3v) is 2.16. The number of allylic oxidation sites excluding steroid dienone is 4. The summed E-state index contributed by atoms with van der Waals surface area (Å²) in [5.41, 5.74) is 3.55. The summed E-state index contributed by atoms with van der Waals surface area (Å²) in [6, 6.07) is 8.40. The topological polar surface area (TPSA) is 12.0 Å². The van der Waals surface area contributed by atoms with Crippen molar-refractivity contribution >= 4 is 5.57 Å². The molecular weight excluding hydrogens is 182 g/mol. The quantitative estimate of drug-likeness (QED) is 0.718. The van der Waals surface area contributed by atoms with Crippen LogP contribution in [0.5, 0.6) is 0 Å². The van der Waals surface area contributed by atoms with Gasteiger partial charge in [-0.3, -0.25) is 0 Å². The van der Waals surface area contributed by atoms with E-state index in [9.17, 15) is 0 Å². The molecule has 1 aromatic carbocycles. The van der Waals surface area contributed by atoms with E-state index >= 15 is 0 Å². The van der Waals surface area contributed by atoms with Gasteiger partial charge in [-0.05, 0) is 29.8 Å². The first-order chi connectivity index (χ1) is 7.31. The van der Waals surface area contributed by atoms with E-state index in [1.165, 1.54) is 11.1 Å². The van der Waals surface area contributed by atoms with Gasteiger partial charge in [0.15, 0.2) is 0 Å². The fourth-order valence-corrected chi connectivity index (χ4v) is 1.47. The van der Waals surface area contributed by atoms with Crippen molar-refractivity contribution < 1.29 is 0 Å². The Morgan fingerprint density at radius 3 is 2.80 bits per heavy atom. The lowest BCUT2D eigenvalue weighted by Crippen LogP contribution is -2.04. The van der Waals surface area contributed by atoms with Crippen LogP contribution in [0.25, 0.3) is 5.57 Å². The zero-order chi connectivity index (χ0) is 11.1. The Bertz CT molecular complexity index is 375. The molecule has 0 aliphatic carbocycles. The van der Waals surface area contributed by atoms with E-state index in [0.717, 1.165) is 12.1 Å². The average Bonchev–Trinajstić information content (AvgIpc) is 2.27. The monoisotopic (exact) mass is 199 g/mol. The first-order valence-electron chi connectivity index (χ1n) is 5.01. The summed E-state index contributed by atoms with van der Waals surface area (Å²) in [7, 11) is 1.95. The molecule has 0 atom stereocenters. The van der Waals surface area contributed by atoms with Crippen LogP contribution in [0.15, 0.2) is 55.7 Å². The molecule has 1 rings (SSSR count). The van der Waals surface area contributed by atoms with Crippen molar-refractivity contribution in [1.29, 1.82) is 0 Å². The van der Waals surface area contributed by atoms with Crippen molar-refractivity contribution in [2.75, 3.05) is 7.05 Å². The molecule has 0 amide bonds. The fourth-order valence-electron chi connectivity index (χ4n) is 1.47. The molecule has 0 aliphatic heterocycles. The van der Waals surface area contributed by atoms with Crippen molar-refractivity contribution in [2.45, 2.75) is 6.54 Å². The minimum Gasteiger partial charge on any atom is -0.316 e. The Morgan fingerprint density at radius 2 is 2.20 bits per heavy atom. The van der Waals surface area contributed by atoms with Gasteiger partial charge in [-0.25, -0.2) is 0 Å². The van der Waals surface area contributed by atoms with E-state index < -0.39 is 0 Å². The number of hydrogen-bond acceptors (Lipinski definition) is 1. The predicted molar refractivity (Wildman–Crippen MR) is 67.6 cm³/mol. The van der Waals surface area contributed by atoms with Crippen LogP contribution in [0.1, 0.15) is 11.1 Å². The van der Waals surface area contributed by atoms with E-state index in [4.69, 9.17) is 0 Å². The molecule has 1 aromatic rings. The third kappa shape index (κ3) is 3.22. The van der Waals surface area contributed by atoms with Crippen molar-refractivity contribution in [1.82, 2.24) is 5.32 Å². The maximum atomic E-state index is 3.80. The zero-order valence-electron chi connectivity index (χ0n) is 9.16. The Kier molecular flexibility index (Phi) is 4.58. The SMILES string of the molecule is C=C/C=C(\C=C)c1cccc(CNC)c1. The second kappa shape index (κ2) is 5.99. The van der Waals surface area contributed by atoms with Gasteiger partial charge in [0.25, 0.3) is 0 Å². The summed E-state index contributed by atoms with van der Waals surface area (Å²) in [5.74, 6) is 0. The minimum atomic E-state index is 0.881. The van der Waals surface area contributed by atoms with Gasteiger partial charge in [0.1, 0.15) is 0 Å². The number of hydrogen-bond donors (Lipinski definition) is 1. The second-order valence-electron chi connectivity index (χ2n) is 3.29. The lowest BCUT2D eigenvalue weighted by molar-refractivity contribution is 0.817. The van der Waals surface area contributed by atoms with Gasteiger partial charge in [0, 0.05) is 6.54 Å². The highest BCUT2D eigenvalue weighted by Gasteiger charge is 1.97. The summed E-state index contributed by atoms with van der Waals surface area (Å²) in [6.45, 7) is 8.38. The normalized spacial score (nSPS) is 11.1. The van der Waals surface area contributed by atoms with Gasteiger partial charge >= 0.3 is 0 Å². The van der Waals surface area contributed by atoms with E-state index in [2.05, 4.69) is 42.7 Å². The van der Waals surface area contributed by atoms with Crippen molar-refractivity contribution in [3.05, 3.63) is 66.8 Å². The first kappa shape index (κ1) is 11.5. The van der Waals surface area contributed by atoms with Gasteiger partial charge in [-0.2, -0.15) is 0 Å². The summed E-state index contributed by atoms with van der Waals surface area (Å²) in [4.78, 5) is 0. The Balaban J connectivity index is 3.02. The number of rotatable bonds is 5. The van der Waals surface area contributed by atoms with E-state index in [1.807, 2.05) is 19.2 Å². The number of nitrogens with one attached hydrogen (secondary N) is 1. The van der Waals surface area contributed by atoms with Gasteiger partial charge in [-0.15, -0.1) is 0 Å². The first-order valence-corrected chi connectivity index (χ1v) is 5.01. The van der Waals surface area contributed by atoms with Gasteiger partial charge in [0.05, 0.1) is 0 Å². The van der Waals surface area contributed by atoms with Crippen LogP contribution >= 0.6 is 0 Å². The molecule has 0 spiro atoms. The molecule has 78 valence electrons. The highest BCUT2D eigenvalue weighted by molar-refractivity contribution is 5.74. The van der Waals surface area contributed by atoms with Crippen LogP contribution in [0, 0.1) is 0 Å². The fraction of sp³-hybridized carbons (Fsp3) is 0.143. The van der Waals surface area contributed by atoms with Gasteiger partial charge < -0.3 is 5.32 Å². The van der Waals surface area contributed by atoms with Gasteiger partial charge in [0.2, 0.25) is 0 Å². The minimum absolute atomic E-state index is 0.881. The van der Waals surface area contributed by atoms with Crippen LogP contribution < -0.4 is 5.32 Å².